The average molecular weight is 120 g/mol. The molecule has 7 heavy (non-hydrogen) atoms. The summed E-state index contributed by atoms with van der Waals surface area (Å²) in [6.07, 6.45) is 0. The molecule has 0 atom stereocenters. The third-order valence-electron chi connectivity index (χ3n) is 0.509. The third kappa shape index (κ3) is 2.86. The largest absolute Gasteiger partial charge is 0.444 e. The van der Waals surface area contributed by atoms with Crippen LogP contribution in [0.3, 0.4) is 0 Å². The summed E-state index contributed by atoms with van der Waals surface area (Å²) in [7, 11) is 4.12. The van der Waals surface area contributed by atoms with Crippen LogP contribution >= 0.6 is 7.47 Å². The van der Waals surface area contributed by atoms with Crippen molar-refractivity contribution in [2.24, 2.45) is 0 Å². The molecule has 41 valence electrons. The second-order valence-electron chi connectivity index (χ2n) is 0.905. The van der Waals surface area contributed by atoms with E-state index < -0.39 is 7.47 Å². The molecule has 0 saturated heterocycles. The van der Waals surface area contributed by atoms with E-state index >= 15 is 0 Å². The standard InChI is InChI=1S/C2H6BO3P/c1-5-7(3,4)6-2/h1-2H3/q-1. The van der Waals surface area contributed by atoms with E-state index in [2.05, 4.69) is 9.05 Å². The number of hydrogen-bond donors (Lipinski definition) is 0. The first-order valence-electron chi connectivity index (χ1n) is 1.62. The Morgan fingerprint density at radius 2 is 1.71 bits per heavy atom. The molecule has 0 N–H and O–H groups in total. The Bertz CT molecular complexity index is 84.9. The van der Waals surface area contributed by atoms with Crippen molar-refractivity contribution in [2.75, 3.05) is 14.2 Å². The van der Waals surface area contributed by atoms with E-state index in [0.29, 0.717) is 0 Å². The maximum absolute atomic E-state index is 10.3. The molecule has 5 heteroatoms. The third-order valence-corrected chi connectivity index (χ3v) is 1.53. The van der Waals surface area contributed by atoms with Crippen LogP contribution in [0.15, 0.2) is 0 Å². The van der Waals surface area contributed by atoms with Gasteiger partial charge in [0.05, 0.1) is 7.47 Å². The van der Waals surface area contributed by atoms with Crippen LogP contribution in [0.4, 0.5) is 0 Å². The lowest BCUT2D eigenvalue weighted by Crippen LogP contribution is -1.84. The van der Waals surface area contributed by atoms with Crippen LogP contribution in [0.5, 0.6) is 0 Å². The minimum absolute atomic E-state index is 1.23. The summed E-state index contributed by atoms with van der Waals surface area (Å²) in [6.45, 7) is 0. The molecule has 0 heterocycles. The Morgan fingerprint density at radius 3 is 1.71 bits per heavy atom. The fraction of sp³-hybridized carbons (Fsp3) is 1.00. The highest BCUT2D eigenvalue weighted by molar-refractivity contribution is 7.79. The molecule has 0 rings (SSSR count). The Labute approximate surface area is 43.9 Å². The van der Waals surface area contributed by atoms with Gasteiger partial charge in [0.15, 0.2) is 0 Å². The summed E-state index contributed by atoms with van der Waals surface area (Å²) < 4.78 is 18.7. The molecule has 0 bridgehead atoms. The lowest BCUT2D eigenvalue weighted by atomic mass is 10.8. The SMILES string of the molecule is [B-]P(=O)(OC)OC. The summed E-state index contributed by atoms with van der Waals surface area (Å²) in [6, 6.07) is 0. The highest BCUT2D eigenvalue weighted by atomic mass is 31.2. The minimum atomic E-state index is -3.15. The van der Waals surface area contributed by atoms with Gasteiger partial charge in [-0.1, -0.05) is 0 Å². The topological polar surface area (TPSA) is 35.5 Å². The predicted molar refractivity (Wildman–Crippen MR) is 27.4 cm³/mol. The van der Waals surface area contributed by atoms with Crippen molar-refractivity contribution in [2.45, 2.75) is 0 Å². The average Bonchev–Trinajstić information content (AvgIpc) is 1.68. The van der Waals surface area contributed by atoms with E-state index in [1.54, 1.807) is 0 Å². The molecule has 0 aromatic carbocycles. The van der Waals surface area contributed by atoms with Crippen molar-refractivity contribution in [3.63, 3.8) is 0 Å². The molecule has 0 aromatic heterocycles. The Balaban J connectivity index is 3.61. The molecule has 0 aliphatic heterocycles. The van der Waals surface area contributed by atoms with E-state index in [9.17, 15) is 4.57 Å². The van der Waals surface area contributed by atoms with E-state index in [0.717, 1.165) is 0 Å². The summed E-state index contributed by atoms with van der Waals surface area (Å²) in [5.41, 5.74) is 0. The van der Waals surface area contributed by atoms with Gasteiger partial charge in [-0.2, -0.15) is 0 Å². The minimum Gasteiger partial charge on any atom is -0.444 e. The Kier molecular flexibility index (Phi) is 2.58. The van der Waals surface area contributed by atoms with Gasteiger partial charge in [-0.05, 0) is 0 Å². The van der Waals surface area contributed by atoms with Gasteiger partial charge in [0.25, 0.3) is 0 Å². The smallest absolute Gasteiger partial charge is 0.0538 e. The zero-order valence-electron chi connectivity index (χ0n) is 4.25. The van der Waals surface area contributed by atoms with Gasteiger partial charge in [-0.15, -0.1) is 0 Å². The fourth-order valence-corrected chi connectivity index (χ4v) is 0.224. The van der Waals surface area contributed by atoms with Gasteiger partial charge < -0.3 is 21.2 Å². The quantitative estimate of drug-likeness (QED) is 0.394. The van der Waals surface area contributed by atoms with Gasteiger partial charge in [-0.25, -0.2) is 0 Å². The molecule has 3 nitrogen and oxygen atoms in total. The maximum Gasteiger partial charge on any atom is 0.0538 e. The van der Waals surface area contributed by atoms with Gasteiger partial charge in [-0.3, -0.25) is 0 Å². The summed E-state index contributed by atoms with van der Waals surface area (Å²) in [5, 5.41) is 0. The highest BCUT2D eigenvalue weighted by Crippen LogP contribution is 2.39. The molecule has 0 aliphatic carbocycles. The van der Waals surface area contributed by atoms with Crippen LogP contribution < -0.4 is 0 Å². The molecule has 0 amide bonds. The van der Waals surface area contributed by atoms with Crippen LogP contribution in [0.25, 0.3) is 0 Å². The van der Waals surface area contributed by atoms with Crippen LogP contribution in [0, 0.1) is 0 Å². The van der Waals surface area contributed by atoms with Gasteiger partial charge in [0, 0.05) is 14.2 Å². The monoisotopic (exact) mass is 120 g/mol. The second kappa shape index (κ2) is 2.50. The first-order valence-corrected chi connectivity index (χ1v) is 3.23. The highest BCUT2D eigenvalue weighted by Gasteiger charge is 1.89. The van der Waals surface area contributed by atoms with Crippen LogP contribution in [0.2, 0.25) is 0 Å². The molecule has 0 saturated carbocycles. The van der Waals surface area contributed by atoms with Gasteiger partial charge in [0.2, 0.25) is 0 Å². The molecule has 0 unspecified atom stereocenters. The van der Waals surface area contributed by atoms with Gasteiger partial charge >= 0.3 is 0 Å². The Hall–Kier alpha value is 0.215. The lowest BCUT2D eigenvalue weighted by Gasteiger charge is -2.20. The van der Waals surface area contributed by atoms with E-state index in [-0.39, 0.29) is 0 Å². The molecular weight excluding hydrogens is 114 g/mol. The first-order chi connectivity index (χ1) is 3.12. The predicted octanol–water partition coefficient (Wildman–Crippen LogP) is 0.556. The van der Waals surface area contributed by atoms with Crippen LogP contribution in [-0.2, 0) is 13.6 Å². The van der Waals surface area contributed by atoms with Crippen molar-refractivity contribution in [1.29, 1.82) is 0 Å². The fourth-order valence-electron chi connectivity index (χ4n) is 0.0745. The maximum atomic E-state index is 10.3. The summed E-state index contributed by atoms with van der Waals surface area (Å²) >= 11 is 0. The first kappa shape index (κ1) is 7.21. The molecular formula is C2H6BO3P-. The van der Waals surface area contributed by atoms with Crippen molar-refractivity contribution in [3.8, 4) is 0 Å². The normalized spacial score (nSPS) is 11.9. The Morgan fingerprint density at radius 1 is 1.43 bits per heavy atom. The summed E-state index contributed by atoms with van der Waals surface area (Å²) in [4.78, 5) is 0. The van der Waals surface area contributed by atoms with Crippen molar-refractivity contribution >= 4 is 15.0 Å². The number of hydrogen-bond acceptors (Lipinski definition) is 3. The molecule has 0 aromatic rings. The second-order valence-corrected chi connectivity index (χ2v) is 2.71. The van der Waals surface area contributed by atoms with E-state index in [1.165, 1.54) is 14.2 Å². The lowest BCUT2D eigenvalue weighted by molar-refractivity contribution is 0.293. The molecule has 3 radical (unpaired) electrons. The van der Waals surface area contributed by atoms with Crippen molar-refractivity contribution in [3.05, 3.63) is 0 Å². The summed E-state index contributed by atoms with van der Waals surface area (Å²) in [5.74, 6) is 0. The van der Waals surface area contributed by atoms with Crippen LogP contribution in [0.1, 0.15) is 0 Å². The van der Waals surface area contributed by atoms with Crippen LogP contribution in [-0.4, -0.2) is 21.8 Å². The van der Waals surface area contributed by atoms with E-state index in [4.69, 9.17) is 7.57 Å². The zero-order chi connectivity index (χ0) is 5.91. The van der Waals surface area contributed by atoms with Gasteiger partial charge in [0.1, 0.15) is 0 Å². The van der Waals surface area contributed by atoms with E-state index in [1.807, 2.05) is 0 Å². The molecule has 0 spiro atoms. The number of rotatable bonds is 2. The zero-order valence-corrected chi connectivity index (χ0v) is 5.14. The molecule has 0 fully saturated rings. The van der Waals surface area contributed by atoms with Crippen molar-refractivity contribution in [1.82, 2.24) is 0 Å². The van der Waals surface area contributed by atoms with Crippen molar-refractivity contribution < 1.29 is 13.6 Å². The molecule has 0 aliphatic rings.